The minimum absolute atomic E-state index is 0.0271. The number of hydrogen-bond acceptors (Lipinski definition) is 3. The average molecular weight is 576 g/mol. The van der Waals surface area contributed by atoms with E-state index >= 15 is 0 Å². The molecule has 0 amide bonds. The van der Waals surface area contributed by atoms with Crippen molar-refractivity contribution in [1.29, 1.82) is 0 Å². The third-order valence-corrected chi connectivity index (χ3v) is 7.29. The quantitative estimate of drug-likeness (QED) is 0.287. The molecule has 3 aromatic rings. The number of carbonyl (C=O) groups is 1. The summed E-state index contributed by atoms with van der Waals surface area (Å²) in [7, 11) is 0. The van der Waals surface area contributed by atoms with Crippen LogP contribution in [0.25, 0.3) is 0 Å². The first-order chi connectivity index (χ1) is 16.7. The average Bonchev–Trinajstić information content (AvgIpc) is 2.83. The van der Waals surface area contributed by atoms with Crippen molar-refractivity contribution in [2.75, 3.05) is 6.61 Å². The molecule has 1 aliphatic rings. The van der Waals surface area contributed by atoms with Gasteiger partial charge in [-0.25, -0.2) is 4.79 Å². The molecule has 4 rings (SSSR count). The molecule has 0 radical (unpaired) electrons. The molecule has 0 spiro atoms. The number of aliphatic carboxylic acids is 1. The Morgan fingerprint density at radius 1 is 1.03 bits per heavy atom. The number of carboxylic acid groups (broad SMARTS) is 1. The second-order valence-electron chi connectivity index (χ2n) is 8.74. The Labute approximate surface area is 223 Å². The number of rotatable bonds is 7. The van der Waals surface area contributed by atoms with Crippen LogP contribution in [0, 0.1) is 5.92 Å². The van der Waals surface area contributed by atoms with Crippen LogP contribution in [-0.4, -0.2) is 17.7 Å². The fraction of sp³-hybridized carbons (Fsp3) is 0.250. The van der Waals surface area contributed by atoms with Crippen LogP contribution in [0.3, 0.4) is 0 Å². The zero-order valence-corrected chi connectivity index (χ0v) is 22.2. The standard InChI is InChI=1S/C28H25BrCl2O4/c1-16(2)22-14-23(17-3-8-20(30)9-4-17)27(18-5-10-21(31)11-6-18)35-28(22)24-13-19(29)7-12-25(24)34-15-26(32)33/h3-13,22-23,27-28H,1,14-15H2,2H3,(H,32,33)/t22-,23-,27+,28+/m1/s1. The molecule has 0 saturated carbocycles. The minimum Gasteiger partial charge on any atom is -0.482 e. The number of hydrogen-bond donors (Lipinski definition) is 1. The Kier molecular flexibility index (Phi) is 8.23. The van der Waals surface area contributed by atoms with Gasteiger partial charge in [0.1, 0.15) is 5.75 Å². The third kappa shape index (κ3) is 6.10. The summed E-state index contributed by atoms with van der Waals surface area (Å²) in [6, 6.07) is 21.1. The van der Waals surface area contributed by atoms with E-state index in [2.05, 4.69) is 22.5 Å². The van der Waals surface area contributed by atoms with Crippen LogP contribution >= 0.6 is 39.1 Å². The van der Waals surface area contributed by atoms with Crippen molar-refractivity contribution in [3.8, 4) is 5.75 Å². The van der Waals surface area contributed by atoms with Gasteiger partial charge in [-0.2, -0.15) is 0 Å². The summed E-state index contributed by atoms with van der Waals surface area (Å²) in [5, 5.41) is 10.5. The Balaban J connectivity index is 1.80. The Hall–Kier alpha value is -2.31. The van der Waals surface area contributed by atoms with E-state index in [1.54, 1.807) is 6.07 Å². The summed E-state index contributed by atoms with van der Waals surface area (Å²) in [6.07, 6.45) is 0.109. The summed E-state index contributed by atoms with van der Waals surface area (Å²) < 4.78 is 13.4. The van der Waals surface area contributed by atoms with Crippen LogP contribution in [0.5, 0.6) is 5.75 Å². The minimum atomic E-state index is -1.04. The molecule has 1 fully saturated rings. The van der Waals surface area contributed by atoms with E-state index in [-0.39, 0.29) is 17.9 Å². The van der Waals surface area contributed by atoms with Crippen molar-refractivity contribution >= 4 is 45.1 Å². The smallest absolute Gasteiger partial charge is 0.341 e. The van der Waals surface area contributed by atoms with Crippen LogP contribution < -0.4 is 4.74 Å². The molecule has 1 heterocycles. The fourth-order valence-electron chi connectivity index (χ4n) is 4.61. The maximum absolute atomic E-state index is 11.2. The predicted molar refractivity (Wildman–Crippen MR) is 142 cm³/mol. The predicted octanol–water partition coefficient (Wildman–Crippen LogP) is 8.40. The molecule has 1 N–H and O–H groups in total. The molecule has 182 valence electrons. The first kappa shape index (κ1) is 25.8. The number of benzene rings is 3. The summed E-state index contributed by atoms with van der Waals surface area (Å²) in [4.78, 5) is 11.2. The van der Waals surface area contributed by atoms with Gasteiger partial charge in [-0.15, -0.1) is 0 Å². The highest BCUT2D eigenvalue weighted by atomic mass is 79.9. The van der Waals surface area contributed by atoms with Crippen molar-refractivity contribution in [2.24, 2.45) is 5.92 Å². The van der Waals surface area contributed by atoms with Crippen molar-refractivity contribution in [1.82, 2.24) is 0 Å². The number of halogens is 3. The van der Waals surface area contributed by atoms with Gasteiger partial charge in [-0.1, -0.05) is 75.5 Å². The highest BCUT2D eigenvalue weighted by Crippen LogP contribution is 2.53. The SMILES string of the molecule is C=C(C)[C@H]1C[C@H](c2ccc(Cl)cc2)[C@H](c2ccc(Cl)cc2)O[C@@H]1c1cc(Br)ccc1OCC(=O)O. The normalized spacial score (nSPS) is 21.9. The van der Waals surface area contributed by atoms with Gasteiger partial charge in [-0.3, -0.25) is 0 Å². The van der Waals surface area contributed by atoms with Gasteiger partial charge < -0.3 is 14.6 Å². The Morgan fingerprint density at radius 3 is 2.20 bits per heavy atom. The van der Waals surface area contributed by atoms with E-state index in [0.717, 1.165) is 33.2 Å². The van der Waals surface area contributed by atoms with Crippen LogP contribution in [-0.2, 0) is 9.53 Å². The molecule has 35 heavy (non-hydrogen) atoms. The summed E-state index contributed by atoms with van der Waals surface area (Å²) in [6.45, 7) is 5.83. The van der Waals surface area contributed by atoms with Crippen molar-refractivity contribution in [2.45, 2.75) is 31.5 Å². The second kappa shape index (κ2) is 11.2. The summed E-state index contributed by atoms with van der Waals surface area (Å²) in [5.41, 5.74) is 3.88. The third-order valence-electron chi connectivity index (χ3n) is 6.29. The van der Waals surface area contributed by atoms with E-state index in [4.69, 9.17) is 37.8 Å². The lowest BCUT2D eigenvalue weighted by Crippen LogP contribution is -2.32. The van der Waals surface area contributed by atoms with Crippen molar-refractivity contribution in [3.05, 3.63) is 110 Å². The highest BCUT2D eigenvalue weighted by Gasteiger charge is 2.41. The lowest BCUT2D eigenvalue weighted by molar-refractivity contribution is -0.139. The molecular weight excluding hydrogens is 551 g/mol. The summed E-state index contributed by atoms with van der Waals surface area (Å²) in [5.74, 6) is -0.545. The largest absolute Gasteiger partial charge is 0.482 e. The maximum atomic E-state index is 11.2. The van der Waals surface area contributed by atoms with E-state index in [9.17, 15) is 4.79 Å². The van der Waals surface area contributed by atoms with Gasteiger partial charge in [0.25, 0.3) is 0 Å². The first-order valence-corrected chi connectivity index (χ1v) is 12.7. The number of ether oxygens (including phenoxy) is 2. The van der Waals surface area contributed by atoms with Gasteiger partial charge in [-0.05, 0) is 66.9 Å². The molecule has 0 unspecified atom stereocenters. The molecule has 3 aromatic carbocycles. The molecule has 4 nitrogen and oxygen atoms in total. The monoisotopic (exact) mass is 574 g/mol. The van der Waals surface area contributed by atoms with Gasteiger partial charge in [0.15, 0.2) is 6.61 Å². The zero-order chi connectivity index (χ0) is 25.1. The molecule has 7 heteroatoms. The Bertz CT molecular complexity index is 1210. The molecule has 0 bridgehead atoms. The van der Waals surface area contributed by atoms with Gasteiger partial charge >= 0.3 is 5.97 Å². The van der Waals surface area contributed by atoms with E-state index in [1.807, 2.05) is 67.6 Å². The zero-order valence-electron chi connectivity index (χ0n) is 19.1. The lowest BCUT2D eigenvalue weighted by Gasteiger charge is -2.43. The van der Waals surface area contributed by atoms with Crippen LogP contribution in [0.2, 0.25) is 10.0 Å². The Morgan fingerprint density at radius 2 is 1.63 bits per heavy atom. The van der Waals surface area contributed by atoms with Gasteiger partial charge in [0, 0.05) is 31.9 Å². The van der Waals surface area contributed by atoms with E-state index in [1.165, 1.54) is 0 Å². The maximum Gasteiger partial charge on any atom is 0.341 e. The van der Waals surface area contributed by atoms with Gasteiger partial charge in [0.05, 0.1) is 12.2 Å². The molecule has 4 atom stereocenters. The topological polar surface area (TPSA) is 55.8 Å². The second-order valence-corrected chi connectivity index (χ2v) is 10.5. The van der Waals surface area contributed by atoms with E-state index < -0.39 is 18.7 Å². The van der Waals surface area contributed by atoms with Crippen LogP contribution in [0.4, 0.5) is 0 Å². The highest BCUT2D eigenvalue weighted by molar-refractivity contribution is 9.10. The molecule has 1 saturated heterocycles. The van der Waals surface area contributed by atoms with Crippen molar-refractivity contribution < 1.29 is 19.4 Å². The first-order valence-electron chi connectivity index (χ1n) is 11.2. The van der Waals surface area contributed by atoms with Gasteiger partial charge in [0.2, 0.25) is 0 Å². The van der Waals surface area contributed by atoms with Crippen LogP contribution in [0.15, 0.2) is 83.4 Å². The lowest BCUT2D eigenvalue weighted by atomic mass is 9.74. The van der Waals surface area contributed by atoms with E-state index in [0.29, 0.717) is 15.8 Å². The molecule has 1 aliphatic heterocycles. The fourth-order valence-corrected chi connectivity index (χ4v) is 5.25. The van der Waals surface area contributed by atoms with Crippen LogP contribution in [0.1, 0.15) is 48.2 Å². The number of carboxylic acids is 1. The summed E-state index contributed by atoms with van der Waals surface area (Å²) >= 11 is 15.9. The molecular formula is C28H25BrCl2O4. The van der Waals surface area contributed by atoms with Crippen molar-refractivity contribution in [3.63, 3.8) is 0 Å². The molecule has 0 aliphatic carbocycles. The molecule has 0 aromatic heterocycles.